The number of benzene rings is 1. The van der Waals surface area contributed by atoms with Gasteiger partial charge in [-0.1, -0.05) is 0 Å². The number of halogens is 1. The van der Waals surface area contributed by atoms with Crippen molar-refractivity contribution in [3.05, 3.63) is 47.0 Å². The summed E-state index contributed by atoms with van der Waals surface area (Å²) >= 11 is 0. The highest BCUT2D eigenvalue weighted by Gasteiger charge is 2.31. The van der Waals surface area contributed by atoms with E-state index in [2.05, 4.69) is 15.3 Å². The zero-order valence-electron chi connectivity index (χ0n) is 16.6. The van der Waals surface area contributed by atoms with Crippen LogP contribution in [0.15, 0.2) is 24.3 Å². The number of amides is 1. The van der Waals surface area contributed by atoms with E-state index in [-0.39, 0.29) is 11.7 Å². The summed E-state index contributed by atoms with van der Waals surface area (Å²) in [5.41, 5.74) is 3.57. The molecule has 1 unspecified atom stereocenters. The second kappa shape index (κ2) is 8.01. The van der Waals surface area contributed by atoms with E-state index < -0.39 is 0 Å². The molecule has 2 fully saturated rings. The molecule has 2 aliphatic heterocycles. The minimum Gasteiger partial charge on any atom is -0.341 e. The molecular formula is C21H28FN5O. The van der Waals surface area contributed by atoms with Gasteiger partial charge in [-0.3, -0.25) is 9.69 Å². The number of hydrogen-bond acceptors (Lipinski definition) is 4. The summed E-state index contributed by atoms with van der Waals surface area (Å²) in [4.78, 5) is 17.5. The van der Waals surface area contributed by atoms with Gasteiger partial charge in [-0.05, 0) is 44.5 Å². The first kappa shape index (κ1) is 19.1. The smallest absolute Gasteiger partial charge is 0.227 e. The Morgan fingerprint density at radius 3 is 2.61 bits per heavy atom. The Morgan fingerprint density at radius 2 is 1.89 bits per heavy atom. The molecule has 1 aromatic heterocycles. The van der Waals surface area contributed by atoms with Crippen LogP contribution in [-0.4, -0.2) is 70.8 Å². The van der Waals surface area contributed by atoms with Gasteiger partial charge >= 0.3 is 0 Å². The second-order valence-corrected chi connectivity index (χ2v) is 7.78. The highest BCUT2D eigenvalue weighted by atomic mass is 19.1. The summed E-state index contributed by atoms with van der Waals surface area (Å²) in [6, 6.07) is 6.75. The molecule has 1 atom stereocenters. The van der Waals surface area contributed by atoms with Crippen molar-refractivity contribution in [1.29, 1.82) is 0 Å². The standard InChI is InChI=1S/C21H28FN5O/c1-15-20(16(2)27(24-15)18-5-3-17(22)4-6-18)13-21(28)26-10-7-19(14-26)25-11-8-23-9-12-25/h3-6,19,23H,7-14H2,1-2H3. The molecule has 0 spiro atoms. The SMILES string of the molecule is Cc1nn(-c2ccc(F)cc2)c(C)c1CC(=O)N1CCC(N2CCNCC2)C1. The first-order valence-corrected chi connectivity index (χ1v) is 10.1. The molecule has 28 heavy (non-hydrogen) atoms. The summed E-state index contributed by atoms with van der Waals surface area (Å²) in [7, 11) is 0. The Balaban J connectivity index is 1.44. The molecule has 0 bridgehead atoms. The Bertz CT molecular complexity index is 841. The summed E-state index contributed by atoms with van der Waals surface area (Å²) in [6.07, 6.45) is 1.42. The maximum absolute atomic E-state index is 13.2. The van der Waals surface area contributed by atoms with Crippen LogP contribution in [-0.2, 0) is 11.2 Å². The quantitative estimate of drug-likeness (QED) is 0.870. The number of carbonyl (C=O) groups is 1. The van der Waals surface area contributed by atoms with Gasteiger partial charge in [0.1, 0.15) is 5.82 Å². The maximum atomic E-state index is 13.2. The van der Waals surface area contributed by atoms with E-state index in [4.69, 9.17) is 0 Å². The molecule has 2 aromatic rings. The third-order valence-corrected chi connectivity index (χ3v) is 6.02. The predicted molar refractivity (Wildman–Crippen MR) is 106 cm³/mol. The first-order chi connectivity index (χ1) is 13.5. The predicted octanol–water partition coefficient (Wildman–Crippen LogP) is 1.68. The van der Waals surface area contributed by atoms with Crippen LogP contribution in [0.4, 0.5) is 4.39 Å². The fraction of sp³-hybridized carbons (Fsp3) is 0.524. The van der Waals surface area contributed by atoms with E-state index in [1.807, 2.05) is 18.7 Å². The number of hydrogen-bond donors (Lipinski definition) is 1. The zero-order valence-corrected chi connectivity index (χ0v) is 16.6. The molecule has 0 aliphatic carbocycles. The van der Waals surface area contributed by atoms with Gasteiger partial charge in [0.05, 0.1) is 17.8 Å². The zero-order chi connectivity index (χ0) is 19.7. The van der Waals surface area contributed by atoms with Crippen molar-refractivity contribution in [2.75, 3.05) is 39.3 Å². The monoisotopic (exact) mass is 385 g/mol. The Hall–Kier alpha value is -2.25. The molecule has 4 rings (SSSR count). The van der Waals surface area contributed by atoms with Crippen LogP contribution in [0, 0.1) is 19.7 Å². The summed E-state index contributed by atoms with van der Waals surface area (Å²) in [6.45, 7) is 9.75. The van der Waals surface area contributed by atoms with Crippen LogP contribution < -0.4 is 5.32 Å². The van der Waals surface area contributed by atoms with Crippen molar-refractivity contribution in [3.8, 4) is 5.69 Å². The van der Waals surface area contributed by atoms with Gasteiger partial charge in [0.2, 0.25) is 5.91 Å². The minimum atomic E-state index is -0.270. The molecular weight excluding hydrogens is 357 g/mol. The molecule has 1 amide bonds. The molecule has 150 valence electrons. The number of rotatable bonds is 4. The van der Waals surface area contributed by atoms with E-state index in [0.717, 1.165) is 68.3 Å². The van der Waals surface area contributed by atoms with Gasteiger partial charge in [-0.25, -0.2) is 9.07 Å². The van der Waals surface area contributed by atoms with Gasteiger partial charge in [0.15, 0.2) is 0 Å². The molecule has 0 radical (unpaired) electrons. The lowest BCUT2D eigenvalue weighted by atomic mass is 10.1. The van der Waals surface area contributed by atoms with Crippen molar-refractivity contribution < 1.29 is 9.18 Å². The number of nitrogens with one attached hydrogen (secondary N) is 1. The normalized spacial score (nSPS) is 20.7. The average molecular weight is 385 g/mol. The molecule has 6 nitrogen and oxygen atoms in total. The van der Waals surface area contributed by atoms with Gasteiger partial charge in [-0.2, -0.15) is 5.10 Å². The van der Waals surface area contributed by atoms with Crippen molar-refractivity contribution >= 4 is 5.91 Å². The van der Waals surface area contributed by atoms with Crippen molar-refractivity contribution in [2.24, 2.45) is 0 Å². The summed E-state index contributed by atoms with van der Waals surface area (Å²) in [5, 5.41) is 7.97. The minimum absolute atomic E-state index is 0.169. The average Bonchev–Trinajstić information content (AvgIpc) is 3.30. The van der Waals surface area contributed by atoms with Crippen LogP contribution >= 0.6 is 0 Å². The summed E-state index contributed by atoms with van der Waals surface area (Å²) < 4.78 is 15.0. The molecule has 3 heterocycles. The fourth-order valence-corrected chi connectivity index (χ4v) is 4.34. The molecule has 1 N–H and O–H groups in total. The number of piperazine rings is 1. The molecule has 1 aromatic carbocycles. The van der Waals surface area contributed by atoms with Crippen LogP contribution in [0.5, 0.6) is 0 Å². The largest absolute Gasteiger partial charge is 0.341 e. The van der Waals surface area contributed by atoms with E-state index >= 15 is 0 Å². The maximum Gasteiger partial charge on any atom is 0.227 e. The number of likely N-dealkylation sites (tertiary alicyclic amines) is 1. The number of carbonyl (C=O) groups excluding carboxylic acids is 1. The van der Waals surface area contributed by atoms with Crippen molar-refractivity contribution in [1.82, 2.24) is 24.9 Å². The lowest BCUT2D eigenvalue weighted by molar-refractivity contribution is -0.129. The van der Waals surface area contributed by atoms with Crippen LogP contribution in [0.2, 0.25) is 0 Å². The highest BCUT2D eigenvalue weighted by molar-refractivity contribution is 5.79. The third kappa shape index (κ3) is 3.82. The molecule has 2 aliphatic rings. The highest BCUT2D eigenvalue weighted by Crippen LogP contribution is 2.22. The van der Waals surface area contributed by atoms with Gasteiger partial charge in [0, 0.05) is 56.6 Å². The third-order valence-electron chi connectivity index (χ3n) is 6.02. The van der Waals surface area contributed by atoms with Gasteiger partial charge in [0.25, 0.3) is 0 Å². The lowest BCUT2D eigenvalue weighted by Crippen LogP contribution is -2.49. The molecule has 7 heteroatoms. The van der Waals surface area contributed by atoms with Crippen LogP contribution in [0.25, 0.3) is 5.69 Å². The number of nitrogens with zero attached hydrogens (tertiary/aromatic N) is 4. The molecule has 0 saturated carbocycles. The van der Waals surface area contributed by atoms with Crippen LogP contribution in [0.1, 0.15) is 23.4 Å². The Kier molecular flexibility index (Phi) is 5.46. The van der Waals surface area contributed by atoms with E-state index in [0.29, 0.717) is 12.5 Å². The van der Waals surface area contributed by atoms with Gasteiger partial charge in [-0.15, -0.1) is 0 Å². The van der Waals surface area contributed by atoms with Crippen LogP contribution in [0.3, 0.4) is 0 Å². The van der Waals surface area contributed by atoms with Crippen molar-refractivity contribution in [3.63, 3.8) is 0 Å². The topological polar surface area (TPSA) is 53.4 Å². The second-order valence-electron chi connectivity index (χ2n) is 7.78. The number of aryl methyl sites for hydroxylation is 1. The van der Waals surface area contributed by atoms with E-state index in [9.17, 15) is 9.18 Å². The lowest BCUT2D eigenvalue weighted by Gasteiger charge is -2.32. The number of aromatic nitrogens is 2. The summed E-state index contributed by atoms with van der Waals surface area (Å²) in [5.74, 6) is -0.101. The first-order valence-electron chi connectivity index (χ1n) is 10.1. The Labute approximate surface area is 165 Å². The van der Waals surface area contributed by atoms with E-state index in [1.54, 1.807) is 16.8 Å². The fourth-order valence-electron chi connectivity index (χ4n) is 4.34. The Morgan fingerprint density at radius 1 is 1.18 bits per heavy atom. The van der Waals surface area contributed by atoms with Crippen molar-refractivity contribution in [2.45, 2.75) is 32.7 Å². The van der Waals surface area contributed by atoms with Gasteiger partial charge < -0.3 is 10.2 Å². The molecule has 2 saturated heterocycles. The van der Waals surface area contributed by atoms with E-state index in [1.165, 1.54) is 12.1 Å².